The van der Waals surface area contributed by atoms with Crippen LogP contribution in [-0.2, 0) is 15.8 Å². The van der Waals surface area contributed by atoms with Gasteiger partial charge in [-0.05, 0) is 37.1 Å². The maximum absolute atomic E-state index is 13.2. The number of carbonyl (C=O) groups excluding carboxylic acids is 2. The maximum Gasteiger partial charge on any atom is 0.416 e. The highest BCUT2D eigenvalue weighted by molar-refractivity contribution is 5.86. The Hall–Kier alpha value is -3.23. The second-order valence-corrected chi connectivity index (χ2v) is 7.97. The average molecular weight is 464 g/mol. The number of piperidine rings is 1. The number of halogens is 3. The number of likely N-dealkylation sites (tertiary alicyclic amines) is 1. The summed E-state index contributed by atoms with van der Waals surface area (Å²) in [5.74, 6) is -0.469. The van der Waals surface area contributed by atoms with Crippen LogP contribution in [0.3, 0.4) is 0 Å². The number of hydrogen-bond acceptors (Lipinski definition) is 4. The van der Waals surface area contributed by atoms with Crippen LogP contribution >= 0.6 is 0 Å². The molecule has 0 radical (unpaired) electrons. The first kappa shape index (κ1) is 24.4. The molecule has 0 saturated carbocycles. The molecule has 1 heterocycles. The van der Waals surface area contributed by atoms with Crippen molar-refractivity contribution in [1.82, 2.24) is 10.3 Å². The molecule has 1 saturated heterocycles. The Bertz CT molecular complexity index is 981. The molecule has 1 fully saturated rings. The molecule has 1 aliphatic rings. The standard InChI is InChI=1S/C24H28F3N3O3/c1-3-4-14-30-21(31)13-12-19(22(30)18-10-5-6-11-20(18)33-2)23(32)29-28-17-9-7-8-16(15-17)24(25,26)27/h5-11,15,19,22,28H,3-4,12-14H2,1-2H3,(H,29,32)/t19-,22+/m0/s1. The molecule has 0 unspecified atom stereocenters. The van der Waals surface area contributed by atoms with Crippen molar-refractivity contribution in [3.05, 3.63) is 59.7 Å². The van der Waals surface area contributed by atoms with Crippen LogP contribution in [0.2, 0.25) is 0 Å². The number of benzene rings is 2. The number of ether oxygens (including phenoxy) is 1. The Morgan fingerprint density at radius 3 is 2.64 bits per heavy atom. The molecule has 0 bridgehead atoms. The summed E-state index contributed by atoms with van der Waals surface area (Å²) in [6.45, 7) is 2.53. The molecule has 2 N–H and O–H groups in total. The van der Waals surface area contributed by atoms with Crippen molar-refractivity contribution in [2.45, 2.75) is 44.8 Å². The molecule has 2 amide bonds. The van der Waals surface area contributed by atoms with Gasteiger partial charge in [0.05, 0.1) is 30.3 Å². The highest BCUT2D eigenvalue weighted by atomic mass is 19.4. The number of para-hydroxylation sites is 1. The van der Waals surface area contributed by atoms with Crippen molar-refractivity contribution in [2.75, 3.05) is 19.1 Å². The second-order valence-electron chi connectivity index (χ2n) is 7.97. The van der Waals surface area contributed by atoms with Gasteiger partial charge >= 0.3 is 6.18 Å². The number of nitrogens with zero attached hydrogens (tertiary/aromatic N) is 1. The number of amides is 2. The van der Waals surface area contributed by atoms with Gasteiger partial charge in [-0.1, -0.05) is 37.6 Å². The van der Waals surface area contributed by atoms with Crippen molar-refractivity contribution < 1.29 is 27.5 Å². The van der Waals surface area contributed by atoms with E-state index < -0.39 is 29.6 Å². The van der Waals surface area contributed by atoms with E-state index in [-0.39, 0.29) is 18.0 Å². The lowest BCUT2D eigenvalue weighted by atomic mass is 9.83. The van der Waals surface area contributed by atoms with Gasteiger partial charge in [0.1, 0.15) is 5.75 Å². The SMILES string of the molecule is CCCCN1C(=O)CC[C@H](C(=O)NNc2cccc(C(F)(F)F)c2)[C@H]1c1ccccc1OC. The van der Waals surface area contributed by atoms with E-state index in [1.165, 1.54) is 19.2 Å². The van der Waals surface area contributed by atoms with Gasteiger partial charge in [0, 0.05) is 18.5 Å². The largest absolute Gasteiger partial charge is 0.496 e. The molecule has 2 atom stereocenters. The zero-order valence-electron chi connectivity index (χ0n) is 18.6. The van der Waals surface area contributed by atoms with Crippen LogP contribution in [0.4, 0.5) is 18.9 Å². The Balaban J connectivity index is 1.85. The quantitative estimate of drug-likeness (QED) is 0.545. The summed E-state index contributed by atoms with van der Waals surface area (Å²) in [4.78, 5) is 27.7. The van der Waals surface area contributed by atoms with Crippen molar-refractivity contribution in [1.29, 1.82) is 0 Å². The number of anilines is 1. The number of alkyl halides is 3. The van der Waals surface area contributed by atoms with Crippen LogP contribution in [0.5, 0.6) is 5.75 Å². The second kappa shape index (κ2) is 10.6. The number of hydrazine groups is 1. The van der Waals surface area contributed by atoms with Crippen LogP contribution < -0.4 is 15.6 Å². The lowest BCUT2D eigenvalue weighted by molar-refractivity contribution is -0.143. The predicted octanol–water partition coefficient (Wildman–Crippen LogP) is 4.94. The Morgan fingerprint density at radius 1 is 1.18 bits per heavy atom. The fourth-order valence-electron chi connectivity index (χ4n) is 4.11. The molecule has 33 heavy (non-hydrogen) atoms. The first-order valence-corrected chi connectivity index (χ1v) is 10.9. The third-order valence-corrected chi connectivity index (χ3v) is 5.77. The summed E-state index contributed by atoms with van der Waals surface area (Å²) >= 11 is 0. The summed E-state index contributed by atoms with van der Waals surface area (Å²) in [5, 5.41) is 0. The average Bonchev–Trinajstić information content (AvgIpc) is 2.81. The third kappa shape index (κ3) is 5.77. The van der Waals surface area contributed by atoms with Gasteiger partial charge in [0.15, 0.2) is 0 Å². The van der Waals surface area contributed by atoms with E-state index in [0.29, 0.717) is 18.7 Å². The van der Waals surface area contributed by atoms with Gasteiger partial charge in [0.25, 0.3) is 0 Å². The first-order chi connectivity index (χ1) is 15.8. The summed E-state index contributed by atoms with van der Waals surface area (Å²) in [7, 11) is 1.53. The molecule has 0 spiro atoms. The lowest BCUT2D eigenvalue weighted by Crippen LogP contribution is -2.49. The van der Waals surface area contributed by atoms with Gasteiger partial charge < -0.3 is 9.64 Å². The van der Waals surface area contributed by atoms with Crippen LogP contribution in [0.15, 0.2) is 48.5 Å². The molecule has 178 valence electrons. The Labute approximate surface area is 191 Å². The topological polar surface area (TPSA) is 70.7 Å². The summed E-state index contributed by atoms with van der Waals surface area (Å²) in [6.07, 6.45) is -2.28. The maximum atomic E-state index is 13.2. The van der Waals surface area contributed by atoms with E-state index in [2.05, 4.69) is 10.9 Å². The zero-order chi connectivity index (χ0) is 24.0. The monoisotopic (exact) mass is 463 g/mol. The van der Waals surface area contributed by atoms with E-state index >= 15 is 0 Å². The van der Waals surface area contributed by atoms with Crippen LogP contribution in [-0.4, -0.2) is 30.4 Å². The third-order valence-electron chi connectivity index (χ3n) is 5.77. The van der Waals surface area contributed by atoms with Crippen molar-refractivity contribution in [3.8, 4) is 5.75 Å². The fourth-order valence-corrected chi connectivity index (χ4v) is 4.11. The van der Waals surface area contributed by atoms with Crippen molar-refractivity contribution in [2.24, 2.45) is 5.92 Å². The first-order valence-electron chi connectivity index (χ1n) is 10.9. The molecule has 0 aliphatic carbocycles. The Kier molecular flexibility index (Phi) is 7.84. The van der Waals surface area contributed by atoms with Crippen molar-refractivity contribution >= 4 is 17.5 Å². The van der Waals surface area contributed by atoms with E-state index in [9.17, 15) is 22.8 Å². The molecular formula is C24H28F3N3O3. The lowest BCUT2D eigenvalue weighted by Gasteiger charge is -2.41. The normalized spacial score (nSPS) is 18.7. The molecule has 0 aromatic heterocycles. The summed E-state index contributed by atoms with van der Waals surface area (Å²) in [6, 6.07) is 11.3. The highest BCUT2D eigenvalue weighted by Gasteiger charge is 2.41. The van der Waals surface area contributed by atoms with E-state index in [1.54, 1.807) is 11.0 Å². The number of carbonyl (C=O) groups is 2. The minimum atomic E-state index is -4.49. The molecular weight excluding hydrogens is 435 g/mol. The molecule has 3 rings (SSSR count). The minimum Gasteiger partial charge on any atom is -0.496 e. The number of rotatable bonds is 8. The van der Waals surface area contributed by atoms with Gasteiger partial charge in [-0.25, -0.2) is 0 Å². The van der Waals surface area contributed by atoms with Gasteiger partial charge in [-0.15, -0.1) is 0 Å². The van der Waals surface area contributed by atoms with Crippen molar-refractivity contribution in [3.63, 3.8) is 0 Å². The number of unbranched alkanes of at least 4 members (excludes halogenated alkanes) is 1. The van der Waals surface area contributed by atoms with Gasteiger partial charge in [-0.2, -0.15) is 13.2 Å². The molecule has 2 aromatic carbocycles. The van der Waals surface area contributed by atoms with E-state index in [1.807, 2.05) is 25.1 Å². The number of methoxy groups -OCH3 is 1. The minimum absolute atomic E-state index is 0.0331. The van der Waals surface area contributed by atoms with Crippen LogP contribution in [0, 0.1) is 5.92 Å². The fraction of sp³-hybridized carbons (Fsp3) is 0.417. The number of hydrogen-bond donors (Lipinski definition) is 2. The number of nitrogens with one attached hydrogen (secondary N) is 2. The van der Waals surface area contributed by atoms with E-state index in [0.717, 1.165) is 30.5 Å². The zero-order valence-corrected chi connectivity index (χ0v) is 18.6. The molecule has 9 heteroatoms. The van der Waals surface area contributed by atoms with Crippen LogP contribution in [0.25, 0.3) is 0 Å². The molecule has 2 aromatic rings. The smallest absolute Gasteiger partial charge is 0.416 e. The van der Waals surface area contributed by atoms with Gasteiger partial charge in [0.2, 0.25) is 11.8 Å². The molecule has 1 aliphatic heterocycles. The highest BCUT2D eigenvalue weighted by Crippen LogP contribution is 2.41. The Morgan fingerprint density at radius 2 is 1.94 bits per heavy atom. The predicted molar refractivity (Wildman–Crippen MR) is 118 cm³/mol. The van der Waals surface area contributed by atoms with Crippen LogP contribution in [0.1, 0.15) is 49.8 Å². The van der Waals surface area contributed by atoms with E-state index in [4.69, 9.17) is 4.74 Å². The summed E-state index contributed by atoms with van der Waals surface area (Å²) in [5.41, 5.74) is 5.15. The molecule has 6 nitrogen and oxygen atoms in total. The summed E-state index contributed by atoms with van der Waals surface area (Å²) < 4.78 is 44.5. The van der Waals surface area contributed by atoms with Gasteiger partial charge in [-0.3, -0.25) is 20.4 Å².